The standard InChI is InChI=1S/C30H30N3/c1-22-18-23(2)28(24(3)19-22)33-21-32(20-27-16-10-11-17-31-27)29(25-12-6-4-7-13-25)30(33)26-14-8-5-9-15-26/h4-19,21,29-30H,20H2,1-3H3/q+1/t29-,30-/m1/s1. The van der Waals surface area contributed by atoms with Gasteiger partial charge >= 0.3 is 0 Å². The van der Waals surface area contributed by atoms with Gasteiger partial charge in [-0.3, -0.25) is 9.56 Å². The molecule has 0 N–H and O–H groups in total. The van der Waals surface area contributed by atoms with Crippen molar-refractivity contribution in [1.82, 2.24) is 4.98 Å². The maximum atomic E-state index is 4.63. The molecule has 2 atom stereocenters. The second-order valence-electron chi connectivity index (χ2n) is 8.97. The highest BCUT2D eigenvalue weighted by Crippen LogP contribution is 2.44. The van der Waals surface area contributed by atoms with Crippen LogP contribution in [0.4, 0.5) is 5.69 Å². The Hall–Kier alpha value is -3.72. The van der Waals surface area contributed by atoms with Gasteiger partial charge in [0, 0.05) is 17.3 Å². The van der Waals surface area contributed by atoms with E-state index in [1.54, 1.807) is 0 Å². The summed E-state index contributed by atoms with van der Waals surface area (Å²) < 4.78 is 2.45. The fourth-order valence-electron chi connectivity index (χ4n) is 5.25. The highest BCUT2D eigenvalue weighted by molar-refractivity contribution is 5.83. The molecular weight excluding hydrogens is 402 g/mol. The lowest BCUT2D eigenvalue weighted by Gasteiger charge is -2.26. The van der Waals surface area contributed by atoms with Crippen LogP contribution in [0, 0.1) is 20.8 Å². The molecule has 0 aliphatic carbocycles. The minimum Gasteiger partial charge on any atom is -0.257 e. The maximum Gasteiger partial charge on any atom is 0.241 e. The molecule has 3 aromatic carbocycles. The second kappa shape index (κ2) is 9.03. The smallest absolute Gasteiger partial charge is 0.241 e. The molecule has 0 radical (unpaired) electrons. The van der Waals surface area contributed by atoms with Crippen molar-refractivity contribution in [3.8, 4) is 0 Å². The average molecular weight is 433 g/mol. The van der Waals surface area contributed by atoms with Crippen molar-refractivity contribution in [2.45, 2.75) is 39.4 Å². The van der Waals surface area contributed by atoms with E-state index in [4.69, 9.17) is 0 Å². The molecular formula is C30H30N3+. The van der Waals surface area contributed by atoms with Gasteiger partial charge in [0.2, 0.25) is 6.34 Å². The van der Waals surface area contributed by atoms with E-state index >= 15 is 0 Å². The van der Waals surface area contributed by atoms with E-state index in [-0.39, 0.29) is 12.1 Å². The van der Waals surface area contributed by atoms with Crippen LogP contribution in [0.2, 0.25) is 0 Å². The molecule has 0 unspecified atom stereocenters. The van der Waals surface area contributed by atoms with E-state index in [1.165, 1.54) is 33.5 Å². The van der Waals surface area contributed by atoms with Crippen molar-refractivity contribution in [2.75, 3.05) is 4.90 Å². The summed E-state index contributed by atoms with van der Waals surface area (Å²) >= 11 is 0. The minimum absolute atomic E-state index is 0.150. The molecule has 2 heterocycles. The lowest BCUT2D eigenvalue weighted by atomic mass is 9.91. The van der Waals surface area contributed by atoms with Crippen molar-refractivity contribution < 1.29 is 4.58 Å². The van der Waals surface area contributed by atoms with Gasteiger partial charge in [-0.25, -0.2) is 4.90 Å². The molecule has 1 aliphatic heterocycles. The molecule has 0 spiro atoms. The number of nitrogens with zero attached hydrogens (tertiary/aromatic N) is 3. The zero-order chi connectivity index (χ0) is 22.8. The molecule has 1 aliphatic rings. The number of aromatic nitrogens is 1. The van der Waals surface area contributed by atoms with E-state index in [9.17, 15) is 0 Å². The Bertz CT molecular complexity index is 1240. The van der Waals surface area contributed by atoms with Crippen LogP contribution in [0.5, 0.6) is 0 Å². The Kier molecular flexibility index (Phi) is 5.78. The number of hydrogen-bond acceptors (Lipinski definition) is 2. The number of aryl methyl sites for hydroxylation is 3. The van der Waals surface area contributed by atoms with Gasteiger partial charge in [-0.05, 0) is 44.0 Å². The first kappa shape index (κ1) is 21.1. The first-order valence-corrected chi connectivity index (χ1v) is 11.6. The number of benzene rings is 3. The quantitative estimate of drug-likeness (QED) is 0.333. The Morgan fingerprint density at radius 2 is 1.36 bits per heavy atom. The molecule has 5 rings (SSSR count). The topological polar surface area (TPSA) is 19.1 Å². The van der Waals surface area contributed by atoms with Gasteiger partial charge in [-0.1, -0.05) is 84.4 Å². The van der Waals surface area contributed by atoms with E-state index < -0.39 is 0 Å². The molecule has 3 nitrogen and oxygen atoms in total. The van der Waals surface area contributed by atoms with Gasteiger partial charge in [-0.2, -0.15) is 0 Å². The second-order valence-corrected chi connectivity index (χ2v) is 8.97. The summed E-state index contributed by atoms with van der Waals surface area (Å²) in [6.07, 6.45) is 4.19. The summed E-state index contributed by atoms with van der Waals surface area (Å²) in [6, 6.07) is 32.8. The fourth-order valence-corrected chi connectivity index (χ4v) is 5.25. The first-order chi connectivity index (χ1) is 16.1. The maximum absolute atomic E-state index is 4.63. The van der Waals surface area contributed by atoms with Gasteiger partial charge in [0.25, 0.3) is 0 Å². The Labute approximate surface area is 196 Å². The van der Waals surface area contributed by atoms with Crippen molar-refractivity contribution in [3.63, 3.8) is 0 Å². The molecule has 164 valence electrons. The highest BCUT2D eigenvalue weighted by Gasteiger charge is 2.45. The summed E-state index contributed by atoms with van der Waals surface area (Å²) in [6.45, 7) is 7.38. The minimum atomic E-state index is 0.150. The average Bonchev–Trinajstić information content (AvgIpc) is 3.18. The Balaban J connectivity index is 1.70. The summed E-state index contributed by atoms with van der Waals surface area (Å²) in [5, 5.41) is 0. The fraction of sp³-hybridized carbons (Fsp3) is 0.200. The molecule has 3 heteroatoms. The monoisotopic (exact) mass is 432 g/mol. The Morgan fingerprint density at radius 3 is 1.97 bits per heavy atom. The number of rotatable bonds is 5. The third-order valence-corrected chi connectivity index (χ3v) is 6.48. The first-order valence-electron chi connectivity index (χ1n) is 11.6. The summed E-state index contributed by atoms with van der Waals surface area (Å²) in [4.78, 5) is 7.12. The van der Waals surface area contributed by atoms with Crippen molar-refractivity contribution in [3.05, 3.63) is 131 Å². The SMILES string of the molecule is Cc1cc(C)c(N2C=[N+](Cc3ccccn3)[C@H](c3ccccc3)[C@H]2c2ccccc2)c(C)c1. The lowest BCUT2D eigenvalue weighted by Crippen LogP contribution is -2.27. The molecule has 0 amide bonds. The van der Waals surface area contributed by atoms with Crippen molar-refractivity contribution in [2.24, 2.45) is 0 Å². The van der Waals surface area contributed by atoms with E-state index in [0.29, 0.717) is 0 Å². The summed E-state index contributed by atoms with van der Waals surface area (Å²) in [5.41, 5.74) is 8.88. The zero-order valence-electron chi connectivity index (χ0n) is 19.5. The number of pyridine rings is 1. The van der Waals surface area contributed by atoms with Gasteiger partial charge < -0.3 is 0 Å². The normalized spacial score (nSPS) is 17.8. The van der Waals surface area contributed by atoms with Crippen molar-refractivity contribution in [1.29, 1.82) is 0 Å². The van der Waals surface area contributed by atoms with Crippen LogP contribution in [0.3, 0.4) is 0 Å². The molecule has 0 bridgehead atoms. The summed E-state index contributed by atoms with van der Waals surface area (Å²) in [5.74, 6) is 0. The van der Waals surface area contributed by atoms with Crippen LogP contribution in [0.1, 0.15) is 45.6 Å². The van der Waals surface area contributed by atoms with Gasteiger partial charge in [0.05, 0.1) is 5.69 Å². The van der Waals surface area contributed by atoms with E-state index in [1.807, 2.05) is 12.3 Å². The number of anilines is 1. The van der Waals surface area contributed by atoms with Gasteiger partial charge in [-0.15, -0.1) is 0 Å². The Morgan fingerprint density at radius 1 is 0.758 bits per heavy atom. The molecule has 0 saturated heterocycles. The molecule has 4 aromatic rings. The van der Waals surface area contributed by atoms with Crippen LogP contribution in [0.15, 0.2) is 97.2 Å². The molecule has 1 aromatic heterocycles. The predicted molar refractivity (Wildman–Crippen MR) is 136 cm³/mol. The lowest BCUT2D eigenvalue weighted by molar-refractivity contribution is -0.579. The third kappa shape index (κ3) is 4.19. The van der Waals surface area contributed by atoms with Crippen LogP contribution in [0.25, 0.3) is 0 Å². The van der Waals surface area contributed by atoms with Crippen LogP contribution in [-0.2, 0) is 6.54 Å². The van der Waals surface area contributed by atoms with Crippen molar-refractivity contribution >= 4 is 12.0 Å². The van der Waals surface area contributed by atoms with Gasteiger partial charge in [0.15, 0.2) is 12.1 Å². The van der Waals surface area contributed by atoms with Crippen LogP contribution >= 0.6 is 0 Å². The van der Waals surface area contributed by atoms with Gasteiger partial charge in [0.1, 0.15) is 12.2 Å². The zero-order valence-corrected chi connectivity index (χ0v) is 19.5. The predicted octanol–water partition coefficient (Wildman–Crippen LogP) is 6.55. The van der Waals surface area contributed by atoms with Crippen LogP contribution < -0.4 is 4.90 Å². The highest BCUT2D eigenvalue weighted by atomic mass is 15.3. The molecule has 33 heavy (non-hydrogen) atoms. The summed E-state index contributed by atoms with van der Waals surface area (Å²) in [7, 11) is 0. The van der Waals surface area contributed by atoms with Crippen LogP contribution in [-0.4, -0.2) is 15.9 Å². The largest absolute Gasteiger partial charge is 0.257 e. The molecule has 0 fully saturated rings. The van der Waals surface area contributed by atoms with E-state index in [2.05, 4.69) is 126 Å². The third-order valence-electron chi connectivity index (χ3n) is 6.48. The number of hydrogen-bond donors (Lipinski definition) is 0. The van der Waals surface area contributed by atoms with E-state index in [0.717, 1.165) is 12.2 Å². The molecule has 0 saturated carbocycles.